The molecular formula is C12H7ClFN3. The Bertz CT molecular complexity index is 693. The minimum Gasteiger partial charge on any atom is -0.338 e. The molecule has 0 aliphatic carbocycles. The van der Waals surface area contributed by atoms with E-state index in [-0.39, 0.29) is 5.82 Å². The van der Waals surface area contributed by atoms with Gasteiger partial charge < -0.3 is 4.98 Å². The van der Waals surface area contributed by atoms with Crippen LogP contribution in [0.4, 0.5) is 4.39 Å². The molecule has 0 spiro atoms. The molecule has 0 atom stereocenters. The molecule has 5 heteroatoms. The molecule has 0 aliphatic heterocycles. The number of imidazole rings is 1. The molecule has 1 N–H and O–H groups in total. The lowest BCUT2D eigenvalue weighted by molar-refractivity contribution is 0.637. The Hall–Kier alpha value is -1.94. The second kappa shape index (κ2) is 3.82. The van der Waals surface area contributed by atoms with Gasteiger partial charge in [0, 0.05) is 18.0 Å². The molecule has 0 saturated carbocycles. The van der Waals surface area contributed by atoms with Crippen molar-refractivity contribution in [3.63, 3.8) is 0 Å². The lowest BCUT2D eigenvalue weighted by atomic mass is 10.2. The van der Waals surface area contributed by atoms with Crippen LogP contribution in [0.1, 0.15) is 0 Å². The average molecular weight is 248 g/mol. The van der Waals surface area contributed by atoms with E-state index in [2.05, 4.69) is 15.0 Å². The summed E-state index contributed by atoms with van der Waals surface area (Å²) >= 11 is 6.01. The maximum Gasteiger partial charge on any atom is 0.151 e. The highest BCUT2D eigenvalue weighted by molar-refractivity contribution is 6.33. The third-order valence-corrected chi connectivity index (χ3v) is 2.79. The number of nitrogens with one attached hydrogen (secondary N) is 1. The van der Waals surface area contributed by atoms with E-state index in [1.807, 2.05) is 0 Å². The quantitative estimate of drug-likeness (QED) is 0.716. The van der Waals surface area contributed by atoms with Gasteiger partial charge in [-0.2, -0.15) is 0 Å². The van der Waals surface area contributed by atoms with Gasteiger partial charge in [-0.15, -0.1) is 0 Å². The summed E-state index contributed by atoms with van der Waals surface area (Å²) in [5.74, 6) is 0.188. The fourth-order valence-electron chi connectivity index (χ4n) is 1.69. The van der Waals surface area contributed by atoms with Crippen LogP contribution in [-0.4, -0.2) is 15.0 Å². The molecule has 2 heterocycles. The summed E-state index contributed by atoms with van der Waals surface area (Å²) in [5.41, 5.74) is 1.67. The number of rotatable bonds is 1. The number of para-hydroxylation sites is 1. The number of benzene rings is 1. The van der Waals surface area contributed by atoms with E-state index in [1.54, 1.807) is 24.4 Å². The fourth-order valence-corrected chi connectivity index (χ4v) is 1.90. The van der Waals surface area contributed by atoms with Crippen LogP contribution in [0.3, 0.4) is 0 Å². The van der Waals surface area contributed by atoms with Crippen LogP contribution in [-0.2, 0) is 0 Å². The summed E-state index contributed by atoms with van der Waals surface area (Å²) in [6.07, 6.45) is 3.14. The predicted molar refractivity (Wildman–Crippen MR) is 64.3 cm³/mol. The van der Waals surface area contributed by atoms with Crippen molar-refractivity contribution in [1.29, 1.82) is 0 Å². The number of fused-ring (bicyclic) bond motifs is 1. The Morgan fingerprint density at radius 1 is 1.24 bits per heavy atom. The first-order chi connectivity index (χ1) is 8.25. The standard InChI is InChI=1S/C12H7ClFN3/c13-8-6-15-5-4-7(8)12-16-10-3-1-2-9(14)11(10)17-12/h1-6H,(H,16,17). The van der Waals surface area contributed by atoms with E-state index in [0.29, 0.717) is 27.4 Å². The number of nitrogens with zero attached hydrogens (tertiary/aromatic N) is 2. The Morgan fingerprint density at radius 3 is 2.88 bits per heavy atom. The molecule has 17 heavy (non-hydrogen) atoms. The second-order valence-electron chi connectivity index (χ2n) is 3.58. The molecule has 3 rings (SSSR count). The molecule has 0 bridgehead atoms. The number of H-pyrrole nitrogens is 1. The van der Waals surface area contributed by atoms with Crippen LogP contribution in [0.5, 0.6) is 0 Å². The first kappa shape index (κ1) is 10.2. The van der Waals surface area contributed by atoms with Crippen LogP contribution in [0, 0.1) is 5.82 Å². The first-order valence-electron chi connectivity index (χ1n) is 5.00. The summed E-state index contributed by atoms with van der Waals surface area (Å²) in [4.78, 5) is 11.1. The zero-order valence-electron chi connectivity index (χ0n) is 8.61. The highest BCUT2D eigenvalue weighted by Gasteiger charge is 2.10. The van der Waals surface area contributed by atoms with Gasteiger partial charge in [0.2, 0.25) is 0 Å². The van der Waals surface area contributed by atoms with E-state index in [9.17, 15) is 4.39 Å². The summed E-state index contributed by atoms with van der Waals surface area (Å²) in [7, 11) is 0. The van der Waals surface area contributed by atoms with Crippen LogP contribution < -0.4 is 0 Å². The molecule has 84 valence electrons. The van der Waals surface area contributed by atoms with Gasteiger partial charge in [-0.3, -0.25) is 4.98 Å². The number of aromatic amines is 1. The maximum atomic E-state index is 13.5. The lowest BCUT2D eigenvalue weighted by Gasteiger charge is -1.97. The van der Waals surface area contributed by atoms with Crippen molar-refractivity contribution in [3.05, 3.63) is 47.5 Å². The van der Waals surface area contributed by atoms with Crippen LogP contribution in [0.25, 0.3) is 22.4 Å². The molecule has 0 aliphatic rings. The van der Waals surface area contributed by atoms with Crippen LogP contribution >= 0.6 is 11.6 Å². The number of pyridine rings is 1. The minimum atomic E-state index is -0.352. The molecule has 3 nitrogen and oxygen atoms in total. The smallest absolute Gasteiger partial charge is 0.151 e. The van der Waals surface area contributed by atoms with Gasteiger partial charge in [0.15, 0.2) is 5.82 Å². The van der Waals surface area contributed by atoms with Crippen molar-refractivity contribution in [2.75, 3.05) is 0 Å². The number of aromatic nitrogens is 3. The summed E-state index contributed by atoms with van der Waals surface area (Å²) in [6.45, 7) is 0. The van der Waals surface area contributed by atoms with Gasteiger partial charge in [0.1, 0.15) is 11.3 Å². The number of hydrogen-bond acceptors (Lipinski definition) is 2. The van der Waals surface area contributed by atoms with Crippen molar-refractivity contribution in [3.8, 4) is 11.4 Å². The Morgan fingerprint density at radius 2 is 2.12 bits per heavy atom. The molecule has 1 aromatic carbocycles. The monoisotopic (exact) mass is 247 g/mol. The molecule has 0 unspecified atom stereocenters. The fraction of sp³-hybridized carbons (Fsp3) is 0. The van der Waals surface area contributed by atoms with Gasteiger partial charge in [-0.05, 0) is 18.2 Å². The van der Waals surface area contributed by atoms with Gasteiger partial charge in [-0.1, -0.05) is 17.7 Å². The predicted octanol–water partition coefficient (Wildman–Crippen LogP) is 3.42. The average Bonchev–Trinajstić information content (AvgIpc) is 2.75. The van der Waals surface area contributed by atoms with Gasteiger partial charge in [0.25, 0.3) is 0 Å². The van der Waals surface area contributed by atoms with Crippen molar-refractivity contribution >= 4 is 22.6 Å². The molecule has 2 aromatic heterocycles. The van der Waals surface area contributed by atoms with Gasteiger partial charge in [-0.25, -0.2) is 9.37 Å². The third-order valence-electron chi connectivity index (χ3n) is 2.49. The van der Waals surface area contributed by atoms with Gasteiger partial charge in [0.05, 0.1) is 10.5 Å². The van der Waals surface area contributed by atoms with Crippen molar-refractivity contribution in [2.45, 2.75) is 0 Å². The molecular weight excluding hydrogens is 241 g/mol. The highest BCUT2D eigenvalue weighted by Crippen LogP contribution is 2.26. The van der Waals surface area contributed by atoms with E-state index in [1.165, 1.54) is 12.3 Å². The first-order valence-corrected chi connectivity index (χ1v) is 5.37. The Kier molecular flexibility index (Phi) is 2.30. The zero-order chi connectivity index (χ0) is 11.8. The molecule has 0 amide bonds. The summed E-state index contributed by atoms with van der Waals surface area (Å²) in [5, 5.41) is 0.479. The number of hydrogen-bond donors (Lipinski definition) is 1. The number of halogens is 2. The van der Waals surface area contributed by atoms with Gasteiger partial charge >= 0.3 is 0 Å². The highest BCUT2D eigenvalue weighted by atomic mass is 35.5. The molecule has 0 saturated heterocycles. The molecule has 0 fully saturated rings. The van der Waals surface area contributed by atoms with Crippen molar-refractivity contribution < 1.29 is 4.39 Å². The van der Waals surface area contributed by atoms with E-state index < -0.39 is 0 Å². The SMILES string of the molecule is Fc1cccc2[nH]c(-c3ccncc3Cl)nc12. The van der Waals surface area contributed by atoms with E-state index >= 15 is 0 Å². The largest absolute Gasteiger partial charge is 0.338 e. The van der Waals surface area contributed by atoms with E-state index in [4.69, 9.17) is 11.6 Å². The topological polar surface area (TPSA) is 41.6 Å². The summed E-state index contributed by atoms with van der Waals surface area (Å²) in [6, 6.07) is 6.51. The van der Waals surface area contributed by atoms with Crippen LogP contribution in [0.2, 0.25) is 5.02 Å². The van der Waals surface area contributed by atoms with Crippen molar-refractivity contribution in [2.24, 2.45) is 0 Å². The van der Waals surface area contributed by atoms with Crippen LogP contribution in [0.15, 0.2) is 36.7 Å². The second-order valence-corrected chi connectivity index (χ2v) is 3.98. The maximum absolute atomic E-state index is 13.5. The van der Waals surface area contributed by atoms with E-state index in [0.717, 1.165) is 0 Å². The zero-order valence-corrected chi connectivity index (χ0v) is 9.37. The normalized spacial score (nSPS) is 10.9. The summed E-state index contributed by atoms with van der Waals surface area (Å²) < 4.78 is 13.5. The van der Waals surface area contributed by atoms with Crippen molar-refractivity contribution in [1.82, 2.24) is 15.0 Å². The molecule has 3 aromatic rings. The Labute approximate surface area is 101 Å². The lowest BCUT2D eigenvalue weighted by Crippen LogP contribution is -1.83. The Balaban J connectivity index is 2.26. The minimum absolute atomic E-state index is 0.315. The molecule has 0 radical (unpaired) electrons. The third kappa shape index (κ3) is 1.66.